The van der Waals surface area contributed by atoms with E-state index in [1.165, 1.54) is 19.1 Å². The molecule has 1 N–H and O–H groups in total. The molecule has 0 spiro atoms. The number of hydrogen-bond donors (Lipinski definition) is 1. The second-order valence-electron chi connectivity index (χ2n) is 5.00. The molecular formula is C14H16F3NO. The van der Waals surface area contributed by atoms with Crippen molar-refractivity contribution in [2.75, 3.05) is 0 Å². The van der Waals surface area contributed by atoms with Crippen molar-refractivity contribution in [1.29, 1.82) is 0 Å². The number of Topliss-reactive ketones (excluding diaryl/α,β-unsaturated/α-hetero) is 1. The van der Waals surface area contributed by atoms with Gasteiger partial charge >= 0.3 is 6.18 Å². The Morgan fingerprint density at radius 1 is 1.32 bits per heavy atom. The Bertz CT molecular complexity index is 449. The molecule has 1 aromatic carbocycles. The molecule has 0 aromatic heterocycles. The first kappa shape index (κ1) is 14.1. The number of halogens is 3. The van der Waals surface area contributed by atoms with Gasteiger partial charge in [0, 0.05) is 6.04 Å². The van der Waals surface area contributed by atoms with Gasteiger partial charge in [0.1, 0.15) is 5.78 Å². The van der Waals surface area contributed by atoms with Gasteiger partial charge in [-0.1, -0.05) is 12.1 Å². The highest BCUT2D eigenvalue weighted by molar-refractivity contribution is 5.81. The van der Waals surface area contributed by atoms with E-state index < -0.39 is 11.7 Å². The fourth-order valence-electron chi connectivity index (χ4n) is 1.92. The van der Waals surface area contributed by atoms with E-state index in [4.69, 9.17) is 0 Å². The molecule has 0 bridgehead atoms. The summed E-state index contributed by atoms with van der Waals surface area (Å²) in [6, 6.07) is 5.08. The van der Waals surface area contributed by atoms with E-state index in [9.17, 15) is 18.0 Å². The third kappa shape index (κ3) is 4.06. The van der Waals surface area contributed by atoms with E-state index >= 15 is 0 Å². The van der Waals surface area contributed by atoms with Crippen LogP contribution in [0.2, 0.25) is 0 Å². The topological polar surface area (TPSA) is 29.1 Å². The highest BCUT2D eigenvalue weighted by atomic mass is 19.4. The highest BCUT2D eigenvalue weighted by Crippen LogP contribution is 2.29. The van der Waals surface area contributed by atoms with Gasteiger partial charge < -0.3 is 5.32 Å². The monoisotopic (exact) mass is 271 g/mol. The smallest absolute Gasteiger partial charge is 0.304 e. The minimum atomic E-state index is -4.31. The molecule has 104 valence electrons. The van der Waals surface area contributed by atoms with Crippen molar-refractivity contribution >= 4 is 5.78 Å². The first-order valence-corrected chi connectivity index (χ1v) is 6.29. The SMILES string of the molecule is CC(=O)C(Cc1ccc(C(F)(F)F)cc1)NC1CC1. The summed E-state index contributed by atoms with van der Waals surface area (Å²) in [6.45, 7) is 1.50. The Morgan fingerprint density at radius 3 is 2.32 bits per heavy atom. The minimum Gasteiger partial charge on any atom is -0.304 e. The molecule has 1 aliphatic rings. The summed E-state index contributed by atoms with van der Waals surface area (Å²) in [7, 11) is 0. The van der Waals surface area contributed by atoms with Crippen LogP contribution in [0.5, 0.6) is 0 Å². The van der Waals surface area contributed by atoms with Gasteiger partial charge in [-0.05, 0) is 43.9 Å². The lowest BCUT2D eigenvalue weighted by Crippen LogP contribution is -2.38. The molecule has 1 saturated carbocycles. The Labute approximate surface area is 110 Å². The lowest BCUT2D eigenvalue weighted by atomic mass is 10.0. The summed E-state index contributed by atoms with van der Waals surface area (Å²) < 4.78 is 37.3. The van der Waals surface area contributed by atoms with Crippen LogP contribution in [-0.2, 0) is 17.4 Å². The zero-order valence-corrected chi connectivity index (χ0v) is 10.6. The molecular weight excluding hydrogens is 255 g/mol. The van der Waals surface area contributed by atoms with E-state index in [0.717, 1.165) is 30.5 Å². The molecule has 0 amide bonds. The lowest BCUT2D eigenvalue weighted by molar-refractivity contribution is -0.137. The number of benzene rings is 1. The molecule has 19 heavy (non-hydrogen) atoms. The number of alkyl halides is 3. The average Bonchev–Trinajstić information content (AvgIpc) is 3.11. The standard InChI is InChI=1S/C14H16F3NO/c1-9(19)13(18-12-6-7-12)8-10-2-4-11(5-3-10)14(15,16)17/h2-5,12-13,18H,6-8H2,1H3. The number of carbonyl (C=O) groups is 1. The molecule has 0 aliphatic heterocycles. The van der Waals surface area contributed by atoms with Crippen molar-refractivity contribution < 1.29 is 18.0 Å². The second kappa shape index (κ2) is 5.33. The maximum atomic E-state index is 12.4. The highest BCUT2D eigenvalue weighted by Gasteiger charge is 2.30. The lowest BCUT2D eigenvalue weighted by Gasteiger charge is -2.16. The average molecular weight is 271 g/mol. The predicted molar refractivity (Wildman–Crippen MR) is 65.8 cm³/mol. The minimum absolute atomic E-state index is 0.0202. The Hall–Kier alpha value is -1.36. The van der Waals surface area contributed by atoms with Crippen LogP contribution in [0.3, 0.4) is 0 Å². The normalized spacial score (nSPS) is 17.3. The van der Waals surface area contributed by atoms with Gasteiger partial charge in [0.2, 0.25) is 0 Å². The number of nitrogens with one attached hydrogen (secondary N) is 1. The number of hydrogen-bond acceptors (Lipinski definition) is 2. The summed E-state index contributed by atoms with van der Waals surface area (Å²) >= 11 is 0. The van der Waals surface area contributed by atoms with E-state index in [0.29, 0.717) is 12.5 Å². The van der Waals surface area contributed by atoms with E-state index in [-0.39, 0.29) is 11.8 Å². The van der Waals surface area contributed by atoms with Gasteiger partial charge in [-0.15, -0.1) is 0 Å². The van der Waals surface area contributed by atoms with Gasteiger partial charge in [-0.3, -0.25) is 4.79 Å². The Morgan fingerprint density at radius 2 is 1.89 bits per heavy atom. The first-order valence-electron chi connectivity index (χ1n) is 6.29. The molecule has 0 radical (unpaired) electrons. The third-order valence-electron chi connectivity index (χ3n) is 3.23. The van der Waals surface area contributed by atoms with Gasteiger partial charge in [-0.25, -0.2) is 0 Å². The maximum absolute atomic E-state index is 12.4. The maximum Gasteiger partial charge on any atom is 0.416 e. The fourth-order valence-corrected chi connectivity index (χ4v) is 1.92. The predicted octanol–water partition coefficient (Wildman–Crippen LogP) is 2.96. The van der Waals surface area contributed by atoms with Crippen LogP contribution in [0.25, 0.3) is 0 Å². The van der Waals surface area contributed by atoms with E-state index in [1.807, 2.05) is 0 Å². The fraction of sp³-hybridized carbons (Fsp3) is 0.500. The van der Waals surface area contributed by atoms with Gasteiger partial charge in [0.15, 0.2) is 0 Å². The Balaban J connectivity index is 2.02. The van der Waals surface area contributed by atoms with E-state index in [2.05, 4.69) is 5.32 Å². The second-order valence-corrected chi connectivity index (χ2v) is 5.00. The molecule has 1 aliphatic carbocycles. The summed E-state index contributed by atoms with van der Waals surface area (Å²) in [4.78, 5) is 11.5. The van der Waals surface area contributed by atoms with Crippen molar-refractivity contribution in [2.45, 2.75) is 44.4 Å². The van der Waals surface area contributed by atoms with Crippen LogP contribution in [0.1, 0.15) is 30.9 Å². The zero-order chi connectivity index (χ0) is 14.0. The van der Waals surface area contributed by atoms with Crippen LogP contribution in [0, 0.1) is 0 Å². The molecule has 1 aromatic rings. The molecule has 1 atom stereocenters. The van der Waals surface area contributed by atoms with Crippen LogP contribution in [0.15, 0.2) is 24.3 Å². The van der Waals surface area contributed by atoms with Crippen LogP contribution in [0.4, 0.5) is 13.2 Å². The van der Waals surface area contributed by atoms with Crippen LogP contribution in [-0.4, -0.2) is 17.9 Å². The van der Waals surface area contributed by atoms with Gasteiger partial charge in [0.25, 0.3) is 0 Å². The van der Waals surface area contributed by atoms with Crippen molar-refractivity contribution in [2.24, 2.45) is 0 Å². The van der Waals surface area contributed by atoms with Crippen molar-refractivity contribution in [3.8, 4) is 0 Å². The summed E-state index contributed by atoms with van der Waals surface area (Å²) in [5, 5.41) is 3.21. The molecule has 2 nitrogen and oxygen atoms in total. The molecule has 1 fully saturated rings. The van der Waals surface area contributed by atoms with Crippen LogP contribution < -0.4 is 5.32 Å². The largest absolute Gasteiger partial charge is 0.416 e. The molecule has 0 saturated heterocycles. The summed E-state index contributed by atoms with van der Waals surface area (Å²) in [5.41, 5.74) is 0.0760. The van der Waals surface area contributed by atoms with Crippen molar-refractivity contribution in [3.63, 3.8) is 0 Å². The summed E-state index contributed by atoms with van der Waals surface area (Å²) in [6.07, 6.45) is -1.75. The third-order valence-corrected chi connectivity index (χ3v) is 3.23. The molecule has 5 heteroatoms. The van der Waals surface area contributed by atoms with Gasteiger partial charge in [-0.2, -0.15) is 13.2 Å². The number of ketones is 1. The zero-order valence-electron chi connectivity index (χ0n) is 10.6. The molecule has 2 rings (SSSR count). The van der Waals surface area contributed by atoms with Gasteiger partial charge in [0.05, 0.1) is 11.6 Å². The quantitative estimate of drug-likeness (QED) is 0.892. The first-order chi connectivity index (χ1) is 8.86. The van der Waals surface area contributed by atoms with E-state index in [1.54, 1.807) is 0 Å². The Kier molecular flexibility index (Phi) is 3.94. The number of carbonyl (C=O) groups excluding carboxylic acids is 1. The van der Waals surface area contributed by atoms with Crippen molar-refractivity contribution in [3.05, 3.63) is 35.4 Å². The molecule has 1 unspecified atom stereocenters. The van der Waals surface area contributed by atoms with Crippen molar-refractivity contribution in [1.82, 2.24) is 5.32 Å². The number of rotatable bonds is 5. The van der Waals surface area contributed by atoms with Crippen LogP contribution >= 0.6 is 0 Å². The molecule has 0 heterocycles. The summed E-state index contributed by atoms with van der Waals surface area (Å²) in [5.74, 6) is 0.0202.